The van der Waals surface area contributed by atoms with Gasteiger partial charge in [0, 0.05) is 6.54 Å². The molecule has 0 saturated heterocycles. The fourth-order valence-electron chi connectivity index (χ4n) is 1.51. The molecule has 112 valence electrons. The first-order valence-corrected chi connectivity index (χ1v) is 7.59. The van der Waals surface area contributed by atoms with E-state index in [0.717, 1.165) is 5.56 Å². The third-order valence-corrected chi connectivity index (χ3v) is 3.93. The van der Waals surface area contributed by atoms with Gasteiger partial charge in [0.25, 0.3) is 0 Å². The van der Waals surface area contributed by atoms with E-state index in [-0.39, 0.29) is 24.7 Å². The first-order valence-electron chi connectivity index (χ1n) is 6.10. The molecule has 1 amide bonds. The van der Waals surface area contributed by atoms with Crippen LogP contribution in [0.1, 0.15) is 5.56 Å². The van der Waals surface area contributed by atoms with Crippen molar-refractivity contribution in [2.24, 2.45) is 11.5 Å². The molecular weight excluding hydrogens is 282 g/mol. The van der Waals surface area contributed by atoms with E-state index >= 15 is 0 Å². The van der Waals surface area contributed by atoms with Crippen molar-refractivity contribution in [1.29, 1.82) is 0 Å². The van der Waals surface area contributed by atoms with E-state index in [0.29, 0.717) is 13.0 Å². The lowest BCUT2D eigenvalue weighted by Crippen LogP contribution is -2.29. The van der Waals surface area contributed by atoms with Crippen LogP contribution in [0.25, 0.3) is 0 Å². The molecule has 1 rings (SSSR count). The van der Waals surface area contributed by atoms with Crippen molar-refractivity contribution in [3.8, 4) is 0 Å². The van der Waals surface area contributed by atoms with Crippen molar-refractivity contribution in [1.82, 2.24) is 4.72 Å². The smallest absolute Gasteiger partial charge is 0.243 e. The number of hydrogen-bond acceptors (Lipinski definition) is 5. The molecule has 0 aliphatic rings. The maximum Gasteiger partial charge on any atom is 0.243 e. The van der Waals surface area contributed by atoms with Crippen LogP contribution in [-0.2, 0) is 26.0 Å². The van der Waals surface area contributed by atoms with Gasteiger partial charge >= 0.3 is 0 Å². The number of carbonyl (C=O) groups is 1. The molecule has 0 aliphatic carbocycles. The van der Waals surface area contributed by atoms with Gasteiger partial charge in [0.05, 0.1) is 11.5 Å². The van der Waals surface area contributed by atoms with Crippen molar-refractivity contribution >= 4 is 15.9 Å². The molecular formula is C12H19N3O4S. The van der Waals surface area contributed by atoms with Crippen LogP contribution in [0.4, 0.5) is 0 Å². The van der Waals surface area contributed by atoms with Gasteiger partial charge in [-0.3, -0.25) is 4.79 Å². The molecule has 8 heteroatoms. The minimum absolute atomic E-state index is 0.0696. The predicted molar refractivity (Wildman–Crippen MR) is 74.4 cm³/mol. The molecule has 0 aliphatic heterocycles. The van der Waals surface area contributed by atoms with Crippen molar-refractivity contribution in [2.75, 3.05) is 26.3 Å². The SMILES string of the molecule is NCCc1ccc(S(=O)(=O)NCCOCC(N)=O)cc1. The van der Waals surface area contributed by atoms with Crippen LogP contribution in [0.2, 0.25) is 0 Å². The Bertz CT molecular complexity index is 528. The van der Waals surface area contributed by atoms with Crippen LogP contribution in [0.5, 0.6) is 0 Å². The summed E-state index contributed by atoms with van der Waals surface area (Å²) in [5, 5.41) is 0. The highest BCUT2D eigenvalue weighted by molar-refractivity contribution is 7.89. The standard InChI is InChI=1S/C12H19N3O4S/c13-6-5-10-1-3-11(4-2-10)20(17,18)15-7-8-19-9-12(14)16/h1-4,15H,5-9,13H2,(H2,14,16). The second-order valence-corrected chi connectivity index (χ2v) is 5.87. The first kappa shape index (κ1) is 16.6. The number of rotatable bonds is 9. The number of benzene rings is 1. The average molecular weight is 301 g/mol. The Morgan fingerprint density at radius 2 is 1.90 bits per heavy atom. The van der Waals surface area contributed by atoms with Gasteiger partial charge in [-0.05, 0) is 30.7 Å². The van der Waals surface area contributed by atoms with Crippen LogP contribution in [0, 0.1) is 0 Å². The van der Waals surface area contributed by atoms with Crippen LogP contribution < -0.4 is 16.2 Å². The molecule has 0 radical (unpaired) electrons. The lowest BCUT2D eigenvalue weighted by Gasteiger charge is -2.07. The number of carbonyl (C=O) groups excluding carboxylic acids is 1. The Morgan fingerprint density at radius 3 is 2.45 bits per heavy atom. The molecule has 1 aromatic carbocycles. The van der Waals surface area contributed by atoms with Crippen LogP contribution >= 0.6 is 0 Å². The van der Waals surface area contributed by atoms with Crippen LogP contribution in [-0.4, -0.2) is 40.6 Å². The Kier molecular flexibility index (Phi) is 6.59. The van der Waals surface area contributed by atoms with E-state index < -0.39 is 15.9 Å². The Labute approximate surface area is 118 Å². The normalized spacial score (nSPS) is 11.4. The lowest BCUT2D eigenvalue weighted by molar-refractivity contribution is -0.122. The zero-order valence-electron chi connectivity index (χ0n) is 11.0. The minimum atomic E-state index is -3.57. The number of sulfonamides is 1. The van der Waals surface area contributed by atoms with Crippen molar-refractivity contribution in [2.45, 2.75) is 11.3 Å². The summed E-state index contributed by atoms with van der Waals surface area (Å²) < 4.78 is 31.1. The average Bonchev–Trinajstić information content (AvgIpc) is 2.39. The molecule has 0 unspecified atom stereocenters. The zero-order chi connectivity index (χ0) is 15.0. The fraction of sp³-hybridized carbons (Fsp3) is 0.417. The quantitative estimate of drug-likeness (QED) is 0.503. The van der Waals surface area contributed by atoms with Crippen LogP contribution in [0.15, 0.2) is 29.2 Å². The van der Waals surface area contributed by atoms with Crippen molar-refractivity contribution in [3.63, 3.8) is 0 Å². The summed E-state index contributed by atoms with van der Waals surface area (Å²) in [6.45, 7) is 0.435. The topological polar surface area (TPSA) is 125 Å². The molecule has 1 aromatic rings. The highest BCUT2D eigenvalue weighted by Gasteiger charge is 2.12. The van der Waals surface area contributed by atoms with Gasteiger partial charge in [-0.25, -0.2) is 13.1 Å². The van der Waals surface area contributed by atoms with E-state index in [1.54, 1.807) is 12.1 Å². The van der Waals surface area contributed by atoms with Crippen LogP contribution in [0.3, 0.4) is 0 Å². The van der Waals surface area contributed by atoms with Gasteiger partial charge in [-0.1, -0.05) is 12.1 Å². The van der Waals surface area contributed by atoms with Gasteiger partial charge in [-0.15, -0.1) is 0 Å². The fourth-order valence-corrected chi connectivity index (χ4v) is 2.52. The van der Waals surface area contributed by atoms with E-state index in [2.05, 4.69) is 4.72 Å². The second-order valence-electron chi connectivity index (χ2n) is 4.10. The first-order chi connectivity index (χ1) is 9.45. The summed E-state index contributed by atoms with van der Waals surface area (Å²) >= 11 is 0. The number of primary amides is 1. The van der Waals surface area contributed by atoms with Crippen molar-refractivity contribution in [3.05, 3.63) is 29.8 Å². The Morgan fingerprint density at radius 1 is 1.25 bits per heavy atom. The second kappa shape index (κ2) is 7.95. The predicted octanol–water partition coefficient (Wildman–Crippen LogP) is -1.03. The van der Waals surface area contributed by atoms with Gasteiger partial charge in [0.15, 0.2) is 0 Å². The zero-order valence-corrected chi connectivity index (χ0v) is 11.9. The maximum absolute atomic E-state index is 11.9. The van der Waals surface area contributed by atoms with Crippen molar-refractivity contribution < 1.29 is 17.9 Å². The Balaban J connectivity index is 2.49. The van der Waals surface area contributed by atoms with E-state index in [1.165, 1.54) is 12.1 Å². The van der Waals surface area contributed by atoms with Gasteiger partial charge < -0.3 is 16.2 Å². The maximum atomic E-state index is 11.9. The molecule has 7 nitrogen and oxygen atoms in total. The summed E-state index contributed by atoms with van der Waals surface area (Å²) in [6, 6.07) is 6.51. The number of ether oxygens (including phenoxy) is 1. The minimum Gasteiger partial charge on any atom is -0.370 e. The Hall–Kier alpha value is -1.48. The van der Waals surface area contributed by atoms with E-state index in [9.17, 15) is 13.2 Å². The summed E-state index contributed by atoms with van der Waals surface area (Å²) in [6.07, 6.45) is 0.703. The molecule has 0 aromatic heterocycles. The van der Waals surface area contributed by atoms with Gasteiger partial charge in [0.2, 0.25) is 15.9 Å². The summed E-state index contributed by atoms with van der Waals surface area (Å²) in [5.41, 5.74) is 11.3. The highest BCUT2D eigenvalue weighted by atomic mass is 32.2. The molecule has 0 atom stereocenters. The largest absolute Gasteiger partial charge is 0.370 e. The molecule has 0 heterocycles. The third-order valence-electron chi connectivity index (χ3n) is 2.45. The van der Waals surface area contributed by atoms with Gasteiger partial charge in [-0.2, -0.15) is 0 Å². The molecule has 0 saturated carbocycles. The molecule has 0 fully saturated rings. The number of amides is 1. The number of nitrogens with two attached hydrogens (primary N) is 2. The van der Waals surface area contributed by atoms with E-state index in [4.69, 9.17) is 16.2 Å². The van der Waals surface area contributed by atoms with E-state index in [1.807, 2.05) is 0 Å². The number of nitrogens with one attached hydrogen (secondary N) is 1. The molecule has 0 spiro atoms. The third kappa shape index (κ3) is 5.66. The summed E-state index contributed by atoms with van der Waals surface area (Å²) in [5.74, 6) is -0.594. The lowest BCUT2D eigenvalue weighted by atomic mass is 10.2. The molecule has 5 N–H and O–H groups in total. The number of hydrogen-bond donors (Lipinski definition) is 3. The molecule has 20 heavy (non-hydrogen) atoms. The summed E-state index contributed by atoms with van der Waals surface area (Å²) in [7, 11) is -3.57. The highest BCUT2D eigenvalue weighted by Crippen LogP contribution is 2.10. The molecule has 0 bridgehead atoms. The monoisotopic (exact) mass is 301 g/mol. The van der Waals surface area contributed by atoms with Gasteiger partial charge in [0.1, 0.15) is 6.61 Å². The summed E-state index contributed by atoms with van der Waals surface area (Å²) in [4.78, 5) is 10.6.